The topological polar surface area (TPSA) is 72.7 Å². The summed E-state index contributed by atoms with van der Waals surface area (Å²) < 4.78 is 3.27. The van der Waals surface area contributed by atoms with Crippen molar-refractivity contribution in [2.75, 3.05) is 0 Å². The van der Waals surface area contributed by atoms with E-state index in [2.05, 4.69) is 9.97 Å². The van der Waals surface area contributed by atoms with Gasteiger partial charge in [-0.05, 0) is 25.5 Å². The van der Waals surface area contributed by atoms with Crippen LogP contribution < -0.4 is 11.2 Å². The number of nitrogens with one attached hydrogen (secondary N) is 1. The lowest BCUT2D eigenvalue weighted by atomic mass is 10.2. The van der Waals surface area contributed by atoms with Crippen LogP contribution in [-0.4, -0.2) is 19.1 Å². The zero-order valence-corrected chi connectivity index (χ0v) is 15.5. The molecule has 0 unspecified atom stereocenters. The summed E-state index contributed by atoms with van der Waals surface area (Å²) in [5.41, 5.74) is 0.461. The van der Waals surface area contributed by atoms with Crippen molar-refractivity contribution in [3.63, 3.8) is 0 Å². The summed E-state index contributed by atoms with van der Waals surface area (Å²) in [5.74, 6) is 0.520. The third kappa shape index (κ3) is 3.00. The first-order chi connectivity index (χ1) is 12.0. The zero-order valence-electron chi connectivity index (χ0n) is 14.0. The predicted molar refractivity (Wildman–Crippen MR) is 101 cm³/mol. The third-order valence-corrected chi connectivity index (χ3v) is 4.95. The fourth-order valence-electron chi connectivity index (χ4n) is 2.89. The predicted octanol–water partition coefficient (Wildman–Crippen LogP) is 3.68. The van der Waals surface area contributed by atoms with Gasteiger partial charge in [0.25, 0.3) is 5.56 Å². The summed E-state index contributed by atoms with van der Waals surface area (Å²) in [6.45, 7) is 4.94. The highest BCUT2D eigenvalue weighted by Crippen LogP contribution is 2.34. The van der Waals surface area contributed by atoms with Crippen LogP contribution >= 0.6 is 23.2 Å². The number of unbranched alkanes of at least 4 members (excludes halogenated alkanes) is 1. The number of hydrogen-bond acceptors (Lipinski definition) is 3. The molecule has 6 nitrogen and oxygen atoms in total. The van der Waals surface area contributed by atoms with Gasteiger partial charge in [0.2, 0.25) is 0 Å². The molecule has 8 heteroatoms. The normalized spacial score (nSPS) is 11.4. The maximum Gasteiger partial charge on any atom is 0.330 e. The lowest BCUT2D eigenvalue weighted by Crippen LogP contribution is -2.31. The highest BCUT2D eigenvalue weighted by Gasteiger charge is 2.20. The molecule has 0 spiro atoms. The van der Waals surface area contributed by atoms with Crippen molar-refractivity contribution in [1.29, 1.82) is 0 Å². The molecule has 0 saturated carbocycles. The van der Waals surface area contributed by atoms with Crippen LogP contribution in [-0.2, 0) is 13.1 Å². The van der Waals surface area contributed by atoms with Crippen LogP contribution in [0.3, 0.4) is 0 Å². The van der Waals surface area contributed by atoms with E-state index in [9.17, 15) is 9.59 Å². The summed E-state index contributed by atoms with van der Waals surface area (Å²) in [5, 5.41) is 0.777. The second-order valence-electron chi connectivity index (χ2n) is 5.72. The number of benzene rings is 1. The molecule has 132 valence electrons. The van der Waals surface area contributed by atoms with E-state index in [-0.39, 0.29) is 0 Å². The average molecular weight is 381 g/mol. The second kappa shape index (κ2) is 7.06. The van der Waals surface area contributed by atoms with Gasteiger partial charge in [0.15, 0.2) is 11.2 Å². The lowest BCUT2D eigenvalue weighted by molar-refractivity contribution is 0.613. The summed E-state index contributed by atoms with van der Waals surface area (Å²) >= 11 is 12.5. The zero-order chi connectivity index (χ0) is 18.1. The quantitative estimate of drug-likeness (QED) is 0.733. The number of rotatable bonds is 5. The van der Waals surface area contributed by atoms with Gasteiger partial charge in [-0.2, -0.15) is 0 Å². The second-order valence-corrected chi connectivity index (χ2v) is 6.50. The van der Waals surface area contributed by atoms with Crippen molar-refractivity contribution in [3.05, 3.63) is 49.1 Å². The molecule has 0 radical (unpaired) electrons. The monoisotopic (exact) mass is 380 g/mol. The van der Waals surface area contributed by atoms with Crippen LogP contribution in [0.4, 0.5) is 0 Å². The number of H-pyrrole nitrogens is 1. The Balaban J connectivity index is 2.38. The summed E-state index contributed by atoms with van der Waals surface area (Å²) in [4.78, 5) is 31.6. The van der Waals surface area contributed by atoms with Gasteiger partial charge in [0.05, 0.1) is 10.0 Å². The van der Waals surface area contributed by atoms with Gasteiger partial charge < -0.3 is 4.57 Å². The van der Waals surface area contributed by atoms with Gasteiger partial charge in [-0.3, -0.25) is 14.3 Å². The number of imidazole rings is 1. The molecule has 1 N–H and O–H groups in total. The molecule has 0 amide bonds. The molecule has 2 heterocycles. The first-order valence-electron chi connectivity index (χ1n) is 8.17. The summed E-state index contributed by atoms with van der Waals surface area (Å²) in [7, 11) is 0. The van der Waals surface area contributed by atoms with Crippen LogP contribution in [0.1, 0.15) is 26.7 Å². The minimum absolute atomic E-state index is 0.365. The lowest BCUT2D eigenvalue weighted by Gasteiger charge is -2.08. The Morgan fingerprint density at radius 2 is 1.92 bits per heavy atom. The van der Waals surface area contributed by atoms with E-state index >= 15 is 0 Å². The van der Waals surface area contributed by atoms with Crippen molar-refractivity contribution < 1.29 is 0 Å². The Morgan fingerprint density at radius 1 is 1.16 bits per heavy atom. The molecule has 1 aromatic carbocycles. The van der Waals surface area contributed by atoms with Crippen molar-refractivity contribution >= 4 is 34.4 Å². The van der Waals surface area contributed by atoms with Gasteiger partial charge in [0, 0.05) is 18.7 Å². The van der Waals surface area contributed by atoms with Gasteiger partial charge in [0.1, 0.15) is 5.82 Å². The molecule has 3 aromatic rings. The average Bonchev–Trinajstić information content (AvgIpc) is 2.97. The number of aromatic nitrogens is 4. The van der Waals surface area contributed by atoms with Gasteiger partial charge in [-0.25, -0.2) is 9.78 Å². The third-order valence-electron chi connectivity index (χ3n) is 4.13. The number of fused-ring (bicyclic) bond motifs is 1. The maximum absolute atomic E-state index is 12.4. The molecule has 0 aliphatic rings. The molecule has 25 heavy (non-hydrogen) atoms. The molecule has 0 fully saturated rings. The fraction of sp³-hybridized carbons (Fsp3) is 0.353. The Labute approximate surface area is 154 Å². The summed E-state index contributed by atoms with van der Waals surface area (Å²) in [6, 6.07) is 5.26. The first-order valence-corrected chi connectivity index (χ1v) is 8.92. The minimum atomic E-state index is -0.452. The van der Waals surface area contributed by atoms with E-state index in [0.29, 0.717) is 45.7 Å². The highest BCUT2D eigenvalue weighted by atomic mass is 35.5. The smallest absolute Gasteiger partial charge is 0.318 e. The fourth-order valence-corrected chi connectivity index (χ4v) is 3.27. The van der Waals surface area contributed by atoms with Crippen molar-refractivity contribution in [2.45, 2.75) is 39.8 Å². The Bertz CT molecular complexity index is 1050. The Kier molecular flexibility index (Phi) is 5.01. The van der Waals surface area contributed by atoms with Crippen LogP contribution in [0, 0.1) is 0 Å². The van der Waals surface area contributed by atoms with E-state index in [1.807, 2.05) is 13.8 Å². The van der Waals surface area contributed by atoms with Crippen LogP contribution in [0.5, 0.6) is 0 Å². The number of aryl methyl sites for hydroxylation is 2. The van der Waals surface area contributed by atoms with Crippen LogP contribution in [0.2, 0.25) is 10.0 Å². The van der Waals surface area contributed by atoms with Crippen molar-refractivity contribution in [2.24, 2.45) is 0 Å². The SMILES string of the molecule is CCCCn1c(=O)[nH]c(=O)c2c1nc(-c1cccc(Cl)c1Cl)n2CC. The molecule has 0 aliphatic carbocycles. The van der Waals surface area contributed by atoms with Crippen LogP contribution in [0.15, 0.2) is 27.8 Å². The molecule has 0 aliphatic heterocycles. The number of aromatic amines is 1. The standard InChI is InChI=1S/C17H18Cl2N4O2/c1-3-5-9-23-15-13(16(24)21-17(23)25)22(4-2)14(20-15)10-7-6-8-11(18)12(10)19/h6-8H,3-5,9H2,1-2H3,(H,21,24,25). The van der Waals surface area contributed by atoms with Crippen LogP contribution in [0.25, 0.3) is 22.6 Å². The van der Waals surface area contributed by atoms with E-state index in [1.54, 1.807) is 22.8 Å². The molecule has 0 atom stereocenters. The molecular formula is C17H18Cl2N4O2. The summed E-state index contributed by atoms with van der Waals surface area (Å²) in [6.07, 6.45) is 1.74. The Hall–Kier alpha value is -2.05. The van der Waals surface area contributed by atoms with Gasteiger partial charge in [-0.1, -0.05) is 42.6 Å². The van der Waals surface area contributed by atoms with E-state index < -0.39 is 11.2 Å². The van der Waals surface area contributed by atoms with E-state index in [4.69, 9.17) is 23.2 Å². The highest BCUT2D eigenvalue weighted by molar-refractivity contribution is 6.43. The van der Waals surface area contributed by atoms with Crippen molar-refractivity contribution in [3.8, 4) is 11.4 Å². The van der Waals surface area contributed by atoms with Crippen molar-refractivity contribution in [1.82, 2.24) is 19.1 Å². The number of nitrogens with zero attached hydrogens (tertiary/aromatic N) is 3. The largest absolute Gasteiger partial charge is 0.330 e. The molecule has 0 bridgehead atoms. The minimum Gasteiger partial charge on any atom is -0.318 e. The molecule has 2 aromatic heterocycles. The van der Waals surface area contributed by atoms with E-state index in [0.717, 1.165) is 12.8 Å². The molecule has 0 saturated heterocycles. The van der Waals surface area contributed by atoms with Gasteiger partial charge >= 0.3 is 5.69 Å². The van der Waals surface area contributed by atoms with Gasteiger partial charge in [-0.15, -0.1) is 0 Å². The maximum atomic E-state index is 12.4. The number of halogens is 2. The number of hydrogen-bond donors (Lipinski definition) is 1. The van der Waals surface area contributed by atoms with E-state index in [1.165, 1.54) is 4.57 Å². The molecular weight excluding hydrogens is 363 g/mol. The Morgan fingerprint density at radius 3 is 2.60 bits per heavy atom. The first kappa shape index (κ1) is 17.8. The molecule has 3 rings (SSSR count).